The standard InChI is InChI=1S/C25H25FN2O5S/c1-17-15-23(18(2)28(17)21-9-7-20(26)8-10-21)24(29)16-33-25(30)19-5-11-22(12-6-19)34(31,32)27-13-3-4-14-27/h5-12,15H,3-4,13-14,16H2,1-2H3. The normalized spacial score (nSPS) is 14.3. The van der Waals surface area contributed by atoms with Crippen molar-refractivity contribution in [2.24, 2.45) is 0 Å². The van der Waals surface area contributed by atoms with E-state index in [-0.39, 0.29) is 22.1 Å². The van der Waals surface area contributed by atoms with Crippen LogP contribution in [0.25, 0.3) is 5.69 Å². The Balaban J connectivity index is 1.43. The van der Waals surface area contributed by atoms with Gasteiger partial charge in [-0.2, -0.15) is 4.31 Å². The van der Waals surface area contributed by atoms with Gasteiger partial charge in [-0.3, -0.25) is 4.79 Å². The number of hydrogen-bond donors (Lipinski definition) is 0. The van der Waals surface area contributed by atoms with Crippen LogP contribution in [0.1, 0.15) is 44.9 Å². The third kappa shape index (κ3) is 4.67. The zero-order valence-electron chi connectivity index (χ0n) is 19.0. The molecule has 1 aliphatic rings. The number of hydrogen-bond acceptors (Lipinski definition) is 5. The highest BCUT2D eigenvalue weighted by molar-refractivity contribution is 7.89. The smallest absolute Gasteiger partial charge is 0.338 e. The van der Waals surface area contributed by atoms with Crippen LogP contribution < -0.4 is 0 Å². The second-order valence-corrected chi connectivity index (χ2v) is 10.2. The molecule has 1 aromatic heterocycles. The summed E-state index contributed by atoms with van der Waals surface area (Å²) in [7, 11) is -3.57. The van der Waals surface area contributed by atoms with Crippen molar-refractivity contribution < 1.29 is 27.1 Å². The third-order valence-electron chi connectivity index (χ3n) is 5.94. The Morgan fingerprint density at radius 3 is 2.21 bits per heavy atom. The number of aryl methyl sites for hydroxylation is 1. The minimum absolute atomic E-state index is 0.121. The van der Waals surface area contributed by atoms with E-state index in [2.05, 4.69) is 0 Å². The number of ether oxygens (including phenoxy) is 1. The Hall–Kier alpha value is -3.30. The van der Waals surface area contributed by atoms with Gasteiger partial charge in [-0.05, 0) is 81.3 Å². The Kier molecular flexibility index (Phi) is 6.67. The number of benzene rings is 2. The summed E-state index contributed by atoms with van der Waals surface area (Å²) in [5.41, 5.74) is 2.72. The fourth-order valence-corrected chi connectivity index (χ4v) is 5.68. The Labute approximate surface area is 197 Å². The molecule has 1 saturated heterocycles. The van der Waals surface area contributed by atoms with Gasteiger partial charge >= 0.3 is 5.97 Å². The summed E-state index contributed by atoms with van der Waals surface area (Å²) < 4.78 is 46.9. The predicted octanol–water partition coefficient (Wildman–Crippen LogP) is 4.06. The van der Waals surface area contributed by atoms with Crippen molar-refractivity contribution in [2.45, 2.75) is 31.6 Å². The molecule has 1 fully saturated rings. The van der Waals surface area contributed by atoms with E-state index in [1.54, 1.807) is 25.1 Å². The lowest BCUT2D eigenvalue weighted by atomic mass is 10.1. The molecular formula is C25H25FN2O5S. The zero-order chi connectivity index (χ0) is 24.5. The number of Topliss-reactive ketones (excluding diaryl/α,β-unsaturated/α-hetero) is 1. The van der Waals surface area contributed by atoms with E-state index >= 15 is 0 Å². The zero-order valence-corrected chi connectivity index (χ0v) is 19.8. The summed E-state index contributed by atoms with van der Waals surface area (Å²) in [6, 6.07) is 13.2. The molecule has 2 heterocycles. The second-order valence-electron chi connectivity index (χ2n) is 8.23. The predicted molar refractivity (Wildman–Crippen MR) is 124 cm³/mol. The molecule has 3 aromatic rings. The molecular weight excluding hydrogens is 459 g/mol. The molecule has 0 atom stereocenters. The van der Waals surface area contributed by atoms with Crippen LogP contribution in [0.15, 0.2) is 59.5 Å². The molecule has 0 N–H and O–H groups in total. The van der Waals surface area contributed by atoms with Gasteiger partial charge in [0.2, 0.25) is 15.8 Å². The average Bonchev–Trinajstić information content (AvgIpc) is 3.47. The van der Waals surface area contributed by atoms with Crippen molar-refractivity contribution in [3.8, 4) is 5.69 Å². The number of rotatable bonds is 7. The SMILES string of the molecule is Cc1cc(C(=O)COC(=O)c2ccc(S(=O)(=O)N3CCCC3)cc2)c(C)n1-c1ccc(F)cc1. The maximum atomic E-state index is 13.3. The molecule has 0 spiro atoms. The van der Waals surface area contributed by atoms with Crippen molar-refractivity contribution in [2.75, 3.05) is 19.7 Å². The quantitative estimate of drug-likeness (QED) is 0.373. The molecule has 9 heteroatoms. The molecule has 0 bridgehead atoms. The van der Waals surface area contributed by atoms with Crippen LogP contribution in [0.4, 0.5) is 4.39 Å². The fraction of sp³-hybridized carbons (Fsp3) is 0.280. The highest BCUT2D eigenvalue weighted by Gasteiger charge is 2.27. The van der Waals surface area contributed by atoms with E-state index in [1.165, 1.54) is 40.7 Å². The van der Waals surface area contributed by atoms with E-state index in [0.717, 1.165) is 24.2 Å². The maximum absolute atomic E-state index is 13.3. The number of halogens is 1. The minimum atomic E-state index is -3.57. The lowest BCUT2D eigenvalue weighted by Crippen LogP contribution is -2.27. The van der Waals surface area contributed by atoms with Crippen LogP contribution in [0.2, 0.25) is 0 Å². The molecule has 4 rings (SSSR count). The summed E-state index contributed by atoms with van der Waals surface area (Å²) in [6.07, 6.45) is 1.67. The molecule has 0 unspecified atom stereocenters. The van der Waals surface area contributed by atoms with Gasteiger partial charge in [-0.15, -0.1) is 0 Å². The van der Waals surface area contributed by atoms with E-state index < -0.39 is 22.6 Å². The van der Waals surface area contributed by atoms with Crippen LogP contribution in [-0.4, -0.2) is 48.7 Å². The van der Waals surface area contributed by atoms with E-state index in [4.69, 9.17) is 4.74 Å². The highest BCUT2D eigenvalue weighted by Crippen LogP contribution is 2.23. The van der Waals surface area contributed by atoms with Crippen LogP contribution in [0.5, 0.6) is 0 Å². The third-order valence-corrected chi connectivity index (χ3v) is 7.86. The molecule has 0 radical (unpaired) electrons. The molecule has 2 aromatic carbocycles. The summed E-state index contributed by atoms with van der Waals surface area (Å²) in [6.45, 7) is 4.13. The number of aromatic nitrogens is 1. The molecule has 178 valence electrons. The Bertz CT molecular complexity index is 1320. The first-order chi connectivity index (χ1) is 16.2. The average molecular weight is 485 g/mol. The first kappa shape index (κ1) is 23.8. The first-order valence-electron chi connectivity index (χ1n) is 10.9. The Morgan fingerprint density at radius 2 is 1.59 bits per heavy atom. The van der Waals surface area contributed by atoms with Gasteiger partial charge in [0.25, 0.3) is 0 Å². The van der Waals surface area contributed by atoms with Gasteiger partial charge in [0.05, 0.1) is 10.5 Å². The van der Waals surface area contributed by atoms with E-state index in [9.17, 15) is 22.4 Å². The summed E-state index contributed by atoms with van der Waals surface area (Å²) in [4.78, 5) is 25.3. The Morgan fingerprint density at radius 1 is 0.971 bits per heavy atom. The monoisotopic (exact) mass is 484 g/mol. The van der Waals surface area contributed by atoms with Crippen LogP contribution in [-0.2, 0) is 14.8 Å². The molecule has 34 heavy (non-hydrogen) atoms. The van der Waals surface area contributed by atoms with Gasteiger partial charge in [-0.25, -0.2) is 17.6 Å². The van der Waals surface area contributed by atoms with Crippen LogP contribution >= 0.6 is 0 Å². The largest absolute Gasteiger partial charge is 0.454 e. The van der Waals surface area contributed by atoms with Gasteiger partial charge in [-0.1, -0.05) is 0 Å². The molecule has 0 aliphatic carbocycles. The number of ketones is 1. The summed E-state index contributed by atoms with van der Waals surface area (Å²) in [5, 5.41) is 0. The molecule has 0 saturated carbocycles. The van der Waals surface area contributed by atoms with Crippen molar-refractivity contribution in [1.29, 1.82) is 0 Å². The number of carbonyl (C=O) groups excluding carboxylic acids is 2. The maximum Gasteiger partial charge on any atom is 0.338 e. The second kappa shape index (κ2) is 9.52. The minimum Gasteiger partial charge on any atom is -0.454 e. The number of nitrogens with zero attached hydrogens (tertiary/aromatic N) is 2. The topological polar surface area (TPSA) is 85.7 Å². The summed E-state index contributed by atoms with van der Waals surface area (Å²) in [5.74, 6) is -1.44. The molecule has 7 nitrogen and oxygen atoms in total. The van der Waals surface area contributed by atoms with E-state index in [0.29, 0.717) is 24.3 Å². The van der Waals surface area contributed by atoms with Gasteiger partial charge in [0.15, 0.2) is 6.61 Å². The van der Waals surface area contributed by atoms with Gasteiger partial charge in [0, 0.05) is 35.7 Å². The summed E-state index contributed by atoms with van der Waals surface area (Å²) >= 11 is 0. The number of esters is 1. The van der Waals surface area contributed by atoms with Crippen molar-refractivity contribution in [3.63, 3.8) is 0 Å². The van der Waals surface area contributed by atoms with Gasteiger partial charge in [0.1, 0.15) is 5.82 Å². The fourth-order valence-electron chi connectivity index (χ4n) is 4.17. The van der Waals surface area contributed by atoms with Crippen LogP contribution in [0, 0.1) is 19.7 Å². The lowest BCUT2D eigenvalue weighted by Gasteiger charge is -2.15. The molecule has 0 amide bonds. The molecule has 1 aliphatic heterocycles. The van der Waals surface area contributed by atoms with Crippen molar-refractivity contribution in [3.05, 3.63) is 82.9 Å². The van der Waals surface area contributed by atoms with Crippen LogP contribution in [0.3, 0.4) is 0 Å². The first-order valence-corrected chi connectivity index (χ1v) is 12.4. The number of sulfonamides is 1. The lowest BCUT2D eigenvalue weighted by molar-refractivity contribution is 0.0474. The van der Waals surface area contributed by atoms with E-state index in [1.807, 2.05) is 11.5 Å². The highest BCUT2D eigenvalue weighted by atomic mass is 32.2. The van der Waals surface area contributed by atoms with Gasteiger partial charge < -0.3 is 9.30 Å². The number of carbonyl (C=O) groups is 2. The van der Waals surface area contributed by atoms with Crippen molar-refractivity contribution >= 4 is 21.8 Å². The van der Waals surface area contributed by atoms with Crippen molar-refractivity contribution in [1.82, 2.24) is 8.87 Å².